The zero-order chi connectivity index (χ0) is 5.82. The lowest BCUT2D eigenvalue weighted by atomic mass is 10.4. The normalized spacial score (nSPS) is 8.11. The van der Waals surface area contributed by atoms with E-state index in [2.05, 4.69) is 10.2 Å². The summed E-state index contributed by atoms with van der Waals surface area (Å²) in [5.74, 6) is 0.438. The van der Waals surface area contributed by atoms with E-state index in [1.165, 1.54) is 0 Å². The van der Waals surface area contributed by atoms with Gasteiger partial charge in [-0.25, -0.2) is 0 Å². The van der Waals surface area contributed by atoms with Crippen molar-refractivity contribution in [3.05, 3.63) is 24.0 Å². The first-order chi connectivity index (χ1) is 3.93. The van der Waals surface area contributed by atoms with Crippen LogP contribution in [0.25, 0.3) is 0 Å². The molecule has 0 aliphatic heterocycles. The summed E-state index contributed by atoms with van der Waals surface area (Å²) in [6.45, 7) is 0. The molecule has 0 saturated heterocycles. The number of alkyl halides is 1. The van der Waals surface area contributed by atoms with E-state index >= 15 is 0 Å². The maximum absolute atomic E-state index is 5.42. The number of nitrogens with zero attached hydrogens (tertiary/aromatic N) is 2. The fourth-order valence-electron chi connectivity index (χ4n) is 0.405. The molecule has 0 saturated carbocycles. The minimum absolute atomic E-state index is 0. The second-order valence-corrected chi connectivity index (χ2v) is 1.62. The molecule has 2 nitrogen and oxygen atoms in total. The molecule has 50 valence electrons. The van der Waals surface area contributed by atoms with Gasteiger partial charge >= 0.3 is 0 Å². The fraction of sp³-hybridized carbons (Fsp3) is 0.200. The number of hydrogen-bond donors (Lipinski definition) is 0. The molecule has 0 unspecified atom stereocenters. The lowest BCUT2D eigenvalue weighted by molar-refractivity contribution is 0.969. The van der Waals surface area contributed by atoms with Crippen molar-refractivity contribution < 1.29 is 0 Å². The van der Waals surface area contributed by atoms with Crippen LogP contribution in [0.15, 0.2) is 18.3 Å². The predicted octanol–water partition coefficient (Wildman–Crippen LogP) is 1.79. The first-order valence-electron chi connectivity index (χ1n) is 2.26. The summed E-state index contributed by atoms with van der Waals surface area (Å²) in [6.07, 6.45) is 1.62. The van der Waals surface area contributed by atoms with Crippen molar-refractivity contribution in [2.24, 2.45) is 0 Å². The Hall–Kier alpha value is -0.150. The van der Waals surface area contributed by atoms with Gasteiger partial charge in [0.25, 0.3) is 0 Å². The lowest BCUT2D eigenvalue weighted by Gasteiger charge is -1.85. The molecule has 0 spiro atoms. The number of halogens is 2. The average molecular weight is 209 g/mol. The van der Waals surface area contributed by atoms with Crippen LogP contribution < -0.4 is 0 Å². The summed E-state index contributed by atoms with van der Waals surface area (Å²) < 4.78 is 0. The Bertz CT molecular complexity index is 156. The monoisotopic (exact) mass is 208 g/mol. The van der Waals surface area contributed by atoms with Gasteiger partial charge in [0.2, 0.25) is 0 Å². The zero-order valence-corrected chi connectivity index (χ0v) is 7.09. The van der Waals surface area contributed by atoms with E-state index in [-0.39, 0.29) is 17.0 Å². The van der Waals surface area contributed by atoms with E-state index in [1.54, 1.807) is 6.20 Å². The molecule has 0 N–H and O–H groups in total. The third-order valence-electron chi connectivity index (χ3n) is 0.764. The highest BCUT2D eigenvalue weighted by Crippen LogP contribution is 1.93. The minimum Gasteiger partial charge on any atom is -0.159 e. The fourth-order valence-corrected chi connectivity index (χ4v) is 0.547. The van der Waals surface area contributed by atoms with Gasteiger partial charge in [-0.05, 0) is 12.1 Å². The molecular formula is C5H6BrClN2. The van der Waals surface area contributed by atoms with Gasteiger partial charge in [-0.15, -0.1) is 28.6 Å². The van der Waals surface area contributed by atoms with E-state index < -0.39 is 0 Å². The molecule has 0 aromatic carbocycles. The van der Waals surface area contributed by atoms with Crippen molar-refractivity contribution in [1.29, 1.82) is 0 Å². The molecule has 0 aliphatic carbocycles. The van der Waals surface area contributed by atoms with Crippen molar-refractivity contribution in [2.75, 3.05) is 0 Å². The highest BCUT2D eigenvalue weighted by Gasteiger charge is 1.84. The number of rotatable bonds is 1. The van der Waals surface area contributed by atoms with Crippen LogP contribution in [0, 0.1) is 0 Å². The molecule has 0 amide bonds. The van der Waals surface area contributed by atoms with Crippen molar-refractivity contribution in [2.45, 2.75) is 5.88 Å². The van der Waals surface area contributed by atoms with Crippen LogP contribution in [0.1, 0.15) is 5.69 Å². The van der Waals surface area contributed by atoms with E-state index in [4.69, 9.17) is 11.6 Å². The summed E-state index contributed by atoms with van der Waals surface area (Å²) in [7, 11) is 0. The summed E-state index contributed by atoms with van der Waals surface area (Å²) in [6, 6.07) is 3.64. The Kier molecular flexibility index (Phi) is 4.62. The number of hydrogen-bond acceptors (Lipinski definition) is 2. The Labute approximate surface area is 69.0 Å². The van der Waals surface area contributed by atoms with Gasteiger partial charge in [0.1, 0.15) is 0 Å². The number of aromatic nitrogens is 2. The Morgan fingerprint density at radius 3 is 2.67 bits per heavy atom. The molecule has 0 atom stereocenters. The summed E-state index contributed by atoms with van der Waals surface area (Å²) in [5.41, 5.74) is 0.814. The maximum atomic E-state index is 5.42. The Balaban J connectivity index is 0.000000640. The highest BCUT2D eigenvalue weighted by molar-refractivity contribution is 8.93. The van der Waals surface area contributed by atoms with Crippen molar-refractivity contribution >= 4 is 28.6 Å². The maximum Gasteiger partial charge on any atom is 0.0778 e. The van der Waals surface area contributed by atoms with Gasteiger partial charge in [-0.1, -0.05) is 0 Å². The van der Waals surface area contributed by atoms with Crippen LogP contribution in [0.3, 0.4) is 0 Å². The summed E-state index contributed by atoms with van der Waals surface area (Å²) >= 11 is 5.42. The third-order valence-corrected chi connectivity index (χ3v) is 1.04. The summed E-state index contributed by atoms with van der Waals surface area (Å²) in [4.78, 5) is 0. The average Bonchev–Trinajstić information content (AvgIpc) is 1.90. The third kappa shape index (κ3) is 2.77. The first-order valence-corrected chi connectivity index (χ1v) is 2.79. The molecule has 0 aliphatic rings. The van der Waals surface area contributed by atoms with E-state index in [0.29, 0.717) is 5.88 Å². The van der Waals surface area contributed by atoms with Gasteiger partial charge in [0.05, 0.1) is 11.6 Å². The van der Waals surface area contributed by atoms with Gasteiger partial charge in [-0.3, -0.25) is 0 Å². The predicted molar refractivity (Wildman–Crippen MR) is 41.9 cm³/mol. The van der Waals surface area contributed by atoms with E-state index in [1.807, 2.05) is 12.1 Å². The van der Waals surface area contributed by atoms with Crippen LogP contribution in [-0.2, 0) is 5.88 Å². The minimum atomic E-state index is 0. The molecule has 1 aromatic rings. The second-order valence-electron chi connectivity index (χ2n) is 1.35. The molecular weight excluding hydrogens is 203 g/mol. The smallest absolute Gasteiger partial charge is 0.0778 e. The highest BCUT2D eigenvalue weighted by atomic mass is 79.9. The summed E-state index contributed by atoms with van der Waals surface area (Å²) in [5, 5.41) is 7.34. The van der Waals surface area contributed by atoms with Crippen LogP contribution in [-0.4, -0.2) is 10.2 Å². The van der Waals surface area contributed by atoms with E-state index in [9.17, 15) is 0 Å². The van der Waals surface area contributed by atoms with Gasteiger partial charge in [0.15, 0.2) is 0 Å². The zero-order valence-electron chi connectivity index (χ0n) is 4.62. The molecule has 9 heavy (non-hydrogen) atoms. The molecule has 4 heteroatoms. The van der Waals surface area contributed by atoms with Gasteiger partial charge < -0.3 is 0 Å². The Morgan fingerprint density at radius 2 is 2.33 bits per heavy atom. The topological polar surface area (TPSA) is 25.8 Å². The van der Waals surface area contributed by atoms with Crippen molar-refractivity contribution in [3.8, 4) is 0 Å². The standard InChI is InChI=1S/C5H5ClN2.BrH/c6-4-5-2-1-3-7-8-5;/h1-3H,4H2;1H. The van der Waals surface area contributed by atoms with Crippen LogP contribution in [0.2, 0.25) is 0 Å². The van der Waals surface area contributed by atoms with E-state index in [0.717, 1.165) is 5.69 Å². The van der Waals surface area contributed by atoms with Crippen molar-refractivity contribution in [1.82, 2.24) is 10.2 Å². The lowest BCUT2D eigenvalue weighted by Crippen LogP contribution is -1.84. The van der Waals surface area contributed by atoms with Gasteiger partial charge in [-0.2, -0.15) is 10.2 Å². The first kappa shape index (κ1) is 8.85. The quantitative estimate of drug-likeness (QED) is 0.659. The van der Waals surface area contributed by atoms with Crippen LogP contribution >= 0.6 is 28.6 Å². The molecule has 1 rings (SSSR count). The molecule has 1 aromatic heterocycles. The Morgan fingerprint density at radius 1 is 1.56 bits per heavy atom. The van der Waals surface area contributed by atoms with Gasteiger partial charge in [0, 0.05) is 6.20 Å². The largest absolute Gasteiger partial charge is 0.159 e. The molecule has 1 heterocycles. The molecule has 0 radical (unpaired) electrons. The SMILES string of the molecule is Br.ClCc1cccnn1. The second kappa shape index (κ2) is 4.70. The van der Waals surface area contributed by atoms with Crippen LogP contribution in [0.4, 0.5) is 0 Å². The molecule has 0 fully saturated rings. The van der Waals surface area contributed by atoms with Crippen molar-refractivity contribution in [3.63, 3.8) is 0 Å². The van der Waals surface area contributed by atoms with Crippen LogP contribution in [0.5, 0.6) is 0 Å². The molecule has 0 bridgehead atoms.